The van der Waals surface area contributed by atoms with E-state index in [4.69, 9.17) is 9.52 Å². The van der Waals surface area contributed by atoms with Crippen molar-refractivity contribution in [1.82, 2.24) is 4.90 Å². The molecule has 1 aromatic heterocycles. The number of aliphatic hydroxyl groups is 1. The lowest BCUT2D eigenvalue weighted by atomic mass is 10.2. The maximum absolute atomic E-state index is 12.2. The molecule has 0 saturated carbocycles. The molecule has 0 radical (unpaired) electrons. The van der Waals surface area contributed by atoms with E-state index in [1.165, 1.54) is 12.1 Å². The Bertz CT molecular complexity index is 535. The number of likely N-dealkylation sites (tertiary alicyclic amines) is 1. The molecule has 1 fully saturated rings. The largest absolute Gasteiger partial charge is 0.480 e. The highest BCUT2D eigenvalue weighted by molar-refractivity contribution is 7.98. The molecule has 2 N–H and O–H groups in total. The molecule has 6 nitrogen and oxygen atoms in total. The van der Waals surface area contributed by atoms with Crippen LogP contribution in [0.1, 0.15) is 22.7 Å². The summed E-state index contributed by atoms with van der Waals surface area (Å²) in [7, 11) is 0. The molecule has 1 amide bonds. The third-order valence-corrected chi connectivity index (χ3v) is 3.75. The molecular formula is C12H13F2NO5S. The smallest absolute Gasteiger partial charge is 0.326 e. The number of carbonyl (C=O) groups excluding carboxylic acids is 1. The highest BCUT2D eigenvalue weighted by Gasteiger charge is 2.40. The summed E-state index contributed by atoms with van der Waals surface area (Å²) in [6.45, 7) is -0.0996. The van der Waals surface area contributed by atoms with Crippen LogP contribution in [-0.2, 0) is 10.5 Å². The van der Waals surface area contributed by atoms with Gasteiger partial charge in [-0.2, -0.15) is 8.78 Å². The van der Waals surface area contributed by atoms with Gasteiger partial charge in [0.05, 0.1) is 11.9 Å². The number of carbonyl (C=O) groups is 2. The number of rotatable bonds is 5. The second-order valence-corrected chi connectivity index (χ2v) is 5.52. The number of hydrogen-bond acceptors (Lipinski definition) is 5. The van der Waals surface area contributed by atoms with Gasteiger partial charge in [0.1, 0.15) is 11.8 Å². The first-order valence-electron chi connectivity index (χ1n) is 6.08. The summed E-state index contributed by atoms with van der Waals surface area (Å²) in [5.74, 6) is -4.43. The van der Waals surface area contributed by atoms with Crippen molar-refractivity contribution in [3.8, 4) is 0 Å². The normalized spacial score (nSPS) is 22.0. The van der Waals surface area contributed by atoms with Crippen molar-refractivity contribution in [2.45, 2.75) is 30.1 Å². The number of thioether (sulfide) groups is 1. The number of nitrogens with zero attached hydrogens (tertiary/aromatic N) is 1. The molecule has 2 heterocycles. The Morgan fingerprint density at radius 2 is 2.19 bits per heavy atom. The Morgan fingerprint density at radius 1 is 1.48 bits per heavy atom. The van der Waals surface area contributed by atoms with Crippen LogP contribution in [-0.4, -0.2) is 51.4 Å². The second-order valence-electron chi connectivity index (χ2n) is 4.54. The molecule has 0 aromatic carbocycles. The Hall–Kier alpha value is -1.61. The van der Waals surface area contributed by atoms with Gasteiger partial charge in [-0.05, 0) is 12.1 Å². The maximum Gasteiger partial charge on any atom is 0.326 e. The summed E-state index contributed by atoms with van der Waals surface area (Å²) in [5.41, 5.74) is 0. The Morgan fingerprint density at radius 3 is 2.81 bits per heavy atom. The van der Waals surface area contributed by atoms with Gasteiger partial charge in [-0.1, -0.05) is 11.8 Å². The number of furan rings is 1. The predicted molar refractivity (Wildman–Crippen MR) is 69.1 cm³/mol. The number of hydrogen-bond donors (Lipinski definition) is 2. The minimum atomic E-state index is -2.54. The third-order valence-electron chi connectivity index (χ3n) is 3.05. The predicted octanol–water partition coefficient (Wildman–Crippen LogP) is 1.40. The van der Waals surface area contributed by atoms with Crippen LogP contribution in [0.4, 0.5) is 8.78 Å². The van der Waals surface area contributed by atoms with E-state index >= 15 is 0 Å². The van der Waals surface area contributed by atoms with Crippen LogP contribution in [0.5, 0.6) is 0 Å². The van der Waals surface area contributed by atoms with Crippen LogP contribution in [0.25, 0.3) is 0 Å². The van der Waals surface area contributed by atoms with Gasteiger partial charge in [0.25, 0.3) is 11.7 Å². The molecule has 9 heteroatoms. The van der Waals surface area contributed by atoms with Gasteiger partial charge in [-0.25, -0.2) is 4.79 Å². The molecule has 1 saturated heterocycles. The van der Waals surface area contributed by atoms with Crippen molar-refractivity contribution in [2.24, 2.45) is 0 Å². The topological polar surface area (TPSA) is 91.0 Å². The molecule has 0 bridgehead atoms. The van der Waals surface area contributed by atoms with Crippen molar-refractivity contribution >= 4 is 23.6 Å². The molecule has 2 rings (SSSR count). The number of β-amino-alcohol motifs (C(OH)–C–C–N with tert-alkyl or cyclic N) is 1. The Kier molecular flexibility index (Phi) is 4.84. The van der Waals surface area contributed by atoms with Gasteiger partial charge in [0.15, 0.2) is 5.76 Å². The molecule has 0 aliphatic carbocycles. The second kappa shape index (κ2) is 6.44. The number of carboxylic acids is 1. The van der Waals surface area contributed by atoms with Crippen molar-refractivity contribution < 1.29 is 33.0 Å². The number of aliphatic hydroxyl groups excluding tert-OH is 1. The summed E-state index contributed by atoms with van der Waals surface area (Å²) in [5, 5.41) is 18.5. The van der Waals surface area contributed by atoms with E-state index < -0.39 is 29.8 Å². The van der Waals surface area contributed by atoms with Gasteiger partial charge >= 0.3 is 5.97 Å². The van der Waals surface area contributed by atoms with Gasteiger partial charge in [0.2, 0.25) is 0 Å². The van der Waals surface area contributed by atoms with E-state index in [2.05, 4.69) is 0 Å². The number of carboxylic acid groups (broad SMARTS) is 1. The van der Waals surface area contributed by atoms with Gasteiger partial charge < -0.3 is 19.5 Å². The van der Waals surface area contributed by atoms with E-state index in [9.17, 15) is 23.5 Å². The average Bonchev–Trinajstić information content (AvgIpc) is 3.02. The average molecular weight is 321 g/mol. The van der Waals surface area contributed by atoms with Crippen LogP contribution in [0, 0.1) is 0 Å². The van der Waals surface area contributed by atoms with Crippen molar-refractivity contribution in [2.75, 3.05) is 6.54 Å². The molecule has 1 unspecified atom stereocenters. The zero-order valence-corrected chi connectivity index (χ0v) is 11.6. The van der Waals surface area contributed by atoms with Gasteiger partial charge in [-0.15, -0.1) is 0 Å². The van der Waals surface area contributed by atoms with E-state index in [0.29, 0.717) is 11.8 Å². The molecule has 2 atom stereocenters. The van der Waals surface area contributed by atoms with E-state index in [-0.39, 0.29) is 30.2 Å². The quantitative estimate of drug-likeness (QED) is 0.852. The van der Waals surface area contributed by atoms with Crippen molar-refractivity contribution in [3.63, 3.8) is 0 Å². The summed E-state index contributed by atoms with van der Waals surface area (Å²) in [6.07, 6.45) is -0.950. The first kappa shape index (κ1) is 15.8. The lowest BCUT2D eigenvalue weighted by Gasteiger charge is -2.19. The van der Waals surface area contributed by atoms with Gasteiger partial charge in [0, 0.05) is 13.0 Å². The molecule has 21 heavy (non-hydrogen) atoms. The molecular weight excluding hydrogens is 308 g/mol. The minimum Gasteiger partial charge on any atom is -0.480 e. The van der Waals surface area contributed by atoms with Crippen molar-refractivity contribution in [3.05, 3.63) is 23.7 Å². The van der Waals surface area contributed by atoms with E-state index in [1.807, 2.05) is 0 Å². The van der Waals surface area contributed by atoms with Crippen molar-refractivity contribution in [1.29, 1.82) is 0 Å². The third kappa shape index (κ3) is 3.73. The number of halogens is 2. The van der Waals surface area contributed by atoms with Crippen LogP contribution in [0.15, 0.2) is 16.5 Å². The molecule has 116 valence electrons. The fraction of sp³-hybridized carbons (Fsp3) is 0.500. The highest BCUT2D eigenvalue weighted by Crippen LogP contribution is 2.24. The molecule has 0 spiro atoms. The number of amides is 1. The van der Waals surface area contributed by atoms with Gasteiger partial charge in [-0.3, -0.25) is 4.79 Å². The summed E-state index contributed by atoms with van der Waals surface area (Å²) in [4.78, 5) is 24.2. The first-order valence-corrected chi connectivity index (χ1v) is 7.13. The summed E-state index contributed by atoms with van der Waals surface area (Å²) >= 11 is 0.361. The summed E-state index contributed by atoms with van der Waals surface area (Å²) in [6, 6.07) is 1.59. The monoisotopic (exact) mass is 321 g/mol. The fourth-order valence-electron chi connectivity index (χ4n) is 2.13. The van der Waals surface area contributed by atoms with Crippen LogP contribution in [0.3, 0.4) is 0 Å². The lowest BCUT2D eigenvalue weighted by Crippen LogP contribution is -2.40. The highest BCUT2D eigenvalue weighted by atomic mass is 32.2. The molecule has 1 aromatic rings. The molecule has 1 aliphatic rings. The van der Waals surface area contributed by atoms with Crippen LogP contribution < -0.4 is 0 Å². The minimum absolute atomic E-state index is 0.0458. The maximum atomic E-state index is 12.2. The Labute approximate surface area is 122 Å². The number of aliphatic carboxylic acids is 1. The lowest BCUT2D eigenvalue weighted by molar-refractivity contribution is -0.141. The van der Waals surface area contributed by atoms with E-state index in [0.717, 1.165) is 4.90 Å². The standard InChI is InChI=1S/C12H13F2NO5S/c13-12(14)21-5-7-1-2-9(20-7)10(17)15-4-6(16)3-8(15)11(18)19/h1-2,6,8,12,16H,3-5H2,(H,18,19)/t6?,8-/m0/s1. The zero-order valence-electron chi connectivity index (χ0n) is 10.7. The Balaban J connectivity index is 2.07. The fourth-order valence-corrected chi connectivity index (χ4v) is 2.57. The number of alkyl halides is 2. The van der Waals surface area contributed by atoms with Crippen LogP contribution in [0.2, 0.25) is 0 Å². The SMILES string of the molecule is O=C(O)[C@@H]1CC(O)CN1C(=O)c1ccc(CSC(F)F)o1. The zero-order chi connectivity index (χ0) is 15.6. The first-order chi connectivity index (χ1) is 9.88. The summed E-state index contributed by atoms with van der Waals surface area (Å²) < 4.78 is 29.3. The molecule has 1 aliphatic heterocycles. The van der Waals surface area contributed by atoms with E-state index in [1.54, 1.807) is 0 Å². The van der Waals surface area contributed by atoms with Crippen LogP contribution >= 0.6 is 11.8 Å².